The molecule has 1 rings (SSSR count). The van der Waals surface area contributed by atoms with Crippen LogP contribution in [0.25, 0.3) is 0 Å². The van der Waals surface area contributed by atoms with Gasteiger partial charge in [-0.15, -0.1) is 11.3 Å². The molecule has 1 aromatic rings. The number of carboxylic acids is 1. The number of aryl methyl sites for hydroxylation is 1. The van der Waals surface area contributed by atoms with Crippen molar-refractivity contribution in [2.24, 2.45) is 11.8 Å². The lowest BCUT2D eigenvalue weighted by atomic mass is 9.97. The van der Waals surface area contributed by atoms with Crippen LogP contribution in [0.5, 0.6) is 0 Å². The number of carbonyl (C=O) groups excluding carboxylic acids is 1. The number of hydrogen-bond donors (Lipinski definition) is 2. The average Bonchev–Trinajstić information content (AvgIpc) is 2.77. The summed E-state index contributed by atoms with van der Waals surface area (Å²) < 4.78 is 0.711. The Hall–Kier alpha value is -1.07. The topological polar surface area (TPSA) is 66.4 Å². The van der Waals surface area contributed by atoms with Crippen LogP contribution in [0, 0.1) is 11.8 Å². The summed E-state index contributed by atoms with van der Waals surface area (Å²) in [6.45, 7) is 4.13. The Morgan fingerprint density at radius 2 is 2.10 bits per heavy atom. The molecule has 0 spiro atoms. The van der Waals surface area contributed by atoms with Crippen molar-refractivity contribution < 1.29 is 14.7 Å². The molecule has 1 aromatic heterocycles. The normalized spacial score (nSPS) is 12.4. The van der Waals surface area contributed by atoms with Crippen LogP contribution in [0.1, 0.15) is 31.6 Å². The van der Waals surface area contributed by atoms with Gasteiger partial charge in [-0.1, -0.05) is 25.4 Å². The fourth-order valence-electron chi connectivity index (χ4n) is 1.89. The highest BCUT2D eigenvalue weighted by Crippen LogP contribution is 2.22. The van der Waals surface area contributed by atoms with Crippen LogP contribution >= 0.6 is 22.9 Å². The van der Waals surface area contributed by atoms with Crippen LogP contribution in [-0.4, -0.2) is 23.5 Å². The summed E-state index contributed by atoms with van der Waals surface area (Å²) in [5.74, 6) is -1.20. The Kier molecular flexibility index (Phi) is 7.02. The molecule has 20 heavy (non-hydrogen) atoms. The van der Waals surface area contributed by atoms with Gasteiger partial charge in [-0.05, 0) is 30.9 Å². The molecule has 2 N–H and O–H groups in total. The average molecular weight is 318 g/mol. The van der Waals surface area contributed by atoms with Gasteiger partial charge in [0, 0.05) is 17.8 Å². The molecule has 1 atom stereocenters. The Morgan fingerprint density at radius 1 is 1.40 bits per heavy atom. The Balaban J connectivity index is 2.32. The molecular formula is C14H20ClNO3S. The Labute approximate surface area is 128 Å². The zero-order valence-corrected chi connectivity index (χ0v) is 13.3. The molecule has 0 aromatic carbocycles. The van der Waals surface area contributed by atoms with E-state index in [9.17, 15) is 9.59 Å². The fraction of sp³-hybridized carbons (Fsp3) is 0.571. The number of nitrogens with one attached hydrogen (secondary N) is 1. The van der Waals surface area contributed by atoms with Gasteiger partial charge in [0.2, 0.25) is 5.91 Å². The van der Waals surface area contributed by atoms with E-state index in [0.717, 1.165) is 4.88 Å². The van der Waals surface area contributed by atoms with Gasteiger partial charge in [-0.25, -0.2) is 0 Å². The zero-order chi connectivity index (χ0) is 15.1. The first-order valence-corrected chi connectivity index (χ1v) is 7.81. The fourth-order valence-corrected chi connectivity index (χ4v) is 2.98. The number of halogens is 1. The van der Waals surface area contributed by atoms with Crippen molar-refractivity contribution in [2.75, 3.05) is 6.54 Å². The Bertz CT molecular complexity index is 459. The predicted octanol–water partition coefficient (Wildman–Crippen LogP) is 3.20. The number of carboxylic acid groups (broad SMARTS) is 1. The molecular weight excluding hydrogens is 298 g/mol. The van der Waals surface area contributed by atoms with Crippen molar-refractivity contribution in [1.29, 1.82) is 0 Å². The maximum absolute atomic E-state index is 11.7. The molecule has 4 nitrogen and oxygen atoms in total. The van der Waals surface area contributed by atoms with Gasteiger partial charge in [0.1, 0.15) is 0 Å². The first-order valence-electron chi connectivity index (χ1n) is 6.62. The highest BCUT2D eigenvalue weighted by molar-refractivity contribution is 7.16. The van der Waals surface area contributed by atoms with Crippen molar-refractivity contribution in [3.8, 4) is 0 Å². The summed E-state index contributed by atoms with van der Waals surface area (Å²) in [7, 11) is 0. The van der Waals surface area contributed by atoms with Crippen molar-refractivity contribution in [3.63, 3.8) is 0 Å². The van der Waals surface area contributed by atoms with E-state index in [1.807, 2.05) is 26.0 Å². The van der Waals surface area contributed by atoms with E-state index in [1.165, 1.54) is 11.3 Å². The monoisotopic (exact) mass is 317 g/mol. The lowest BCUT2D eigenvalue weighted by Gasteiger charge is -2.15. The van der Waals surface area contributed by atoms with Crippen molar-refractivity contribution in [1.82, 2.24) is 5.32 Å². The van der Waals surface area contributed by atoms with Crippen LogP contribution in [0.15, 0.2) is 12.1 Å². The highest BCUT2D eigenvalue weighted by Gasteiger charge is 2.19. The Morgan fingerprint density at radius 3 is 2.60 bits per heavy atom. The molecule has 0 saturated heterocycles. The minimum absolute atomic E-state index is 0.121. The number of rotatable bonds is 8. The van der Waals surface area contributed by atoms with Gasteiger partial charge < -0.3 is 10.4 Å². The van der Waals surface area contributed by atoms with E-state index in [2.05, 4.69) is 5.32 Å². The zero-order valence-electron chi connectivity index (χ0n) is 11.7. The second-order valence-corrected chi connectivity index (χ2v) is 6.97. The third kappa shape index (κ3) is 6.39. The number of amides is 1. The quantitative estimate of drug-likeness (QED) is 0.773. The summed E-state index contributed by atoms with van der Waals surface area (Å²) in [6.07, 6.45) is 1.55. The van der Waals surface area contributed by atoms with E-state index < -0.39 is 11.9 Å². The smallest absolute Gasteiger partial charge is 0.308 e. The van der Waals surface area contributed by atoms with E-state index in [4.69, 9.17) is 16.7 Å². The maximum Gasteiger partial charge on any atom is 0.308 e. The van der Waals surface area contributed by atoms with Gasteiger partial charge in [0.25, 0.3) is 0 Å². The number of carbonyl (C=O) groups is 2. The lowest BCUT2D eigenvalue weighted by Crippen LogP contribution is -2.33. The molecule has 1 unspecified atom stereocenters. The van der Waals surface area contributed by atoms with Crippen molar-refractivity contribution in [2.45, 2.75) is 33.1 Å². The number of aliphatic carboxylic acids is 1. The standard InChI is InChI=1S/C14H20ClNO3S/c1-9(2)7-10(14(18)19)8-16-13(17)6-4-11-3-5-12(15)20-11/h3,5,9-10H,4,6-8H2,1-2H3,(H,16,17)(H,18,19). The van der Waals surface area contributed by atoms with Gasteiger partial charge in [0.05, 0.1) is 10.3 Å². The van der Waals surface area contributed by atoms with E-state index >= 15 is 0 Å². The van der Waals surface area contributed by atoms with Crippen LogP contribution in [0.3, 0.4) is 0 Å². The summed E-state index contributed by atoms with van der Waals surface area (Å²) in [5, 5.41) is 11.8. The van der Waals surface area contributed by atoms with E-state index in [0.29, 0.717) is 29.5 Å². The summed E-state index contributed by atoms with van der Waals surface area (Å²) in [5.41, 5.74) is 0. The maximum atomic E-state index is 11.7. The molecule has 0 saturated carbocycles. The minimum Gasteiger partial charge on any atom is -0.481 e. The minimum atomic E-state index is -0.857. The largest absolute Gasteiger partial charge is 0.481 e. The molecule has 0 aliphatic carbocycles. The molecule has 1 heterocycles. The predicted molar refractivity (Wildman–Crippen MR) is 81.2 cm³/mol. The third-order valence-corrected chi connectivity index (χ3v) is 4.17. The molecule has 0 radical (unpaired) electrons. The van der Waals surface area contributed by atoms with Gasteiger partial charge in [-0.3, -0.25) is 9.59 Å². The first kappa shape index (κ1) is 17.0. The number of hydrogen-bond acceptors (Lipinski definition) is 3. The van der Waals surface area contributed by atoms with Gasteiger partial charge in [0.15, 0.2) is 0 Å². The lowest BCUT2D eigenvalue weighted by molar-refractivity contribution is -0.142. The third-order valence-electron chi connectivity index (χ3n) is 2.88. The van der Waals surface area contributed by atoms with Gasteiger partial charge >= 0.3 is 5.97 Å². The molecule has 1 amide bonds. The summed E-state index contributed by atoms with van der Waals surface area (Å²) in [4.78, 5) is 23.8. The van der Waals surface area contributed by atoms with Crippen LogP contribution in [0.4, 0.5) is 0 Å². The second-order valence-electron chi connectivity index (χ2n) is 5.17. The SMILES string of the molecule is CC(C)CC(CNC(=O)CCc1ccc(Cl)s1)C(=O)O. The molecule has 6 heteroatoms. The molecule has 112 valence electrons. The molecule has 0 bridgehead atoms. The van der Waals surface area contributed by atoms with E-state index in [1.54, 1.807) is 0 Å². The molecule has 0 aliphatic rings. The second kappa shape index (κ2) is 8.27. The number of thiophene rings is 1. The highest BCUT2D eigenvalue weighted by atomic mass is 35.5. The van der Waals surface area contributed by atoms with Crippen LogP contribution < -0.4 is 5.32 Å². The van der Waals surface area contributed by atoms with Crippen molar-refractivity contribution >= 4 is 34.8 Å². The molecule has 0 fully saturated rings. The summed E-state index contributed by atoms with van der Waals surface area (Å²) in [6, 6.07) is 3.71. The molecule has 0 aliphatic heterocycles. The van der Waals surface area contributed by atoms with Crippen molar-refractivity contribution in [3.05, 3.63) is 21.3 Å². The summed E-state index contributed by atoms with van der Waals surface area (Å²) >= 11 is 7.27. The first-order chi connectivity index (χ1) is 9.38. The van der Waals surface area contributed by atoms with Crippen LogP contribution in [-0.2, 0) is 16.0 Å². The van der Waals surface area contributed by atoms with Gasteiger partial charge in [-0.2, -0.15) is 0 Å². The van der Waals surface area contributed by atoms with Crippen LogP contribution in [0.2, 0.25) is 4.34 Å². The van der Waals surface area contributed by atoms with E-state index in [-0.39, 0.29) is 12.5 Å².